The molecule has 2 aromatic carbocycles. The quantitative estimate of drug-likeness (QED) is 0.423. The summed E-state index contributed by atoms with van der Waals surface area (Å²) in [7, 11) is 0. The molecule has 0 saturated heterocycles. The monoisotopic (exact) mass is 441 g/mol. The SMILES string of the molecule is Cc1cccc(CCC(=O)Nc2ccc(Oc3ccc(-n4nc(C)c(C)c4C)nn3)cc2)c1. The molecule has 1 amide bonds. The van der Waals surface area contributed by atoms with Crippen molar-refractivity contribution in [3.05, 3.63) is 88.7 Å². The second-order valence-corrected chi connectivity index (χ2v) is 8.10. The van der Waals surface area contributed by atoms with Gasteiger partial charge in [0.2, 0.25) is 11.8 Å². The molecule has 33 heavy (non-hydrogen) atoms. The second kappa shape index (κ2) is 9.65. The van der Waals surface area contributed by atoms with Crippen molar-refractivity contribution >= 4 is 11.6 Å². The number of anilines is 1. The third kappa shape index (κ3) is 5.44. The van der Waals surface area contributed by atoms with Crippen molar-refractivity contribution in [2.45, 2.75) is 40.5 Å². The van der Waals surface area contributed by atoms with Gasteiger partial charge in [-0.1, -0.05) is 29.8 Å². The first kappa shape index (κ1) is 22.2. The standard InChI is InChI=1S/C26H27N5O2/c1-17-6-5-7-21(16-17)8-14-25(32)27-22-9-11-23(12-10-22)33-26-15-13-24(28-29-26)31-20(4)18(2)19(3)30-31/h5-7,9-13,15-16H,8,14H2,1-4H3,(H,27,32). The molecule has 0 spiro atoms. The molecule has 0 bridgehead atoms. The molecule has 0 aliphatic carbocycles. The van der Waals surface area contributed by atoms with Crippen molar-refractivity contribution in [2.75, 3.05) is 5.32 Å². The van der Waals surface area contributed by atoms with Crippen LogP contribution in [0.4, 0.5) is 5.69 Å². The predicted molar refractivity (Wildman–Crippen MR) is 128 cm³/mol. The van der Waals surface area contributed by atoms with Crippen LogP contribution in [0, 0.1) is 27.7 Å². The van der Waals surface area contributed by atoms with Gasteiger partial charge in [0.15, 0.2) is 5.82 Å². The Bertz CT molecular complexity index is 1260. The summed E-state index contributed by atoms with van der Waals surface area (Å²) in [5.74, 6) is 1.61. The fourth-order valence-electron chi connectivity index (χ4n) is 3.50. The van der Waals surface area contributed by atoms with Crippen LogP contribution in [0.15, 0.2) is 60.7 Å². The van der Waals surface area contributed by atoms with Gasteiger partial charge in [-0.2, -0.15) is 5.10 Å². The van der Waals surface area contributed by atoms with Crippen LogP contribution >= 0.6 is 0 Å². The van der Waals surface area contributed by atoms with Crippen LogP contribution < -0.4 is 10.1 Å². The highest BCUT2D eigenvalue weighted by atomic mass is 16.5. The lowest BCUT2D eigenvalue weighted by molar-refractivity contribution is -0.116. The number of nitrogens with zero attached hydrogens (tertiary/aromatic N) is 4. The van der Waals surface area contributed by atoms with Crippen LogP contribution in [0.1, 0.15) is 34.5 Å². The van der Waals surface area contributed by atoms with E-state index in [0.29, 0.717) is 30.3 Å². The summed E-state index contributed by atoms with van der Waals surface area (Å²) in [6.07, 6.45) is 1.14. The smallest absolute Gasteiger partial charge is 0.238 e. The van der Waals surface area contributed by atoms with Crippen LogP contribution in [-0.4, -0.2) is 25.9 Å². The topological polar surface area (TPSA) is 81.9 Å². The lowest BCUT2D eigenvalue weighted by Gasteiger charge is -2.08. The van der Waals surface area contributed by atoms with Gasteiger partial charge in [0.1, 0.15) is 5.75 Å². The molecular weight excluding hydrogens is 414 g/mol. The Balaban J connectivity index is 1.32. The fraction of sp³-hybridized carbons (Fsp3) is 0.231. The minimum Gasteiger partial charge on any atom is -0.438 e. The van der Waals surface area contributed by atoms with Crippen molar-refractivity contribution in [1.82, 2.24) is 20.0 Å². The molecule has 7 heteroatoms. The molecule has 0 saturated carbocycles. The van der Waals surface area contributed by atoms with Gasteiger partial charge in [-0.15, -0.1) is 10.2 Å². The van der Waals surface area contributed by atoms with E-state index in [1.54, 1.807) is 35.0 Å². The summed E-state index contributed by atoms with van der Waals surface area (Å²) >= 11 is 0. The van der Waals surface area contributed by atoms with Gasteiger partial charge in [0, 0.05) is 23.9 Å². The van der Waals surface area contributed by atoms with Crippen LogP contribution in [0.3, 0.4) is 0 Å². The number of amides is 1. The van der Waals surface area contributed by atoms with Crippen LogP contribution in [0.2, 0.25) is 0 Å². The van der Waals surface area contributed by atoms with Gasteiger partial charge in [-0.3, -0.25) is 4.79 Å². The van der Waals surface area contributed by atoms with E-state index in [4.69, 9.17) is 4.74 Å². The minimum atomic E-state index is -0.0222. The van der Waals surface area contributed by atoms with E-state index in [-0.39, 0.29) is 5.91 Å². The molecule has 4 aromatic rings. The zero-order chi connectivity index (χ0) is 23.4. The van der Waals surface area contributed by atoms with Crippen LogP contribution in [0.5, 0.6) is 11.6 Å². The van der Waals surface area contributed by atoms with E-state index in [1.165, 1.54) is 5.56 Å². The van der Waals surface area contributed by atoms with Crippen molar-refractivity contribution < 1.29 is 9.53 Å². The summed E-state index contributed by atoms with van der Waals surface area (Å²) in [5.41, 5.74) is 6.22. The van der Waals surface area contributed by atoms with Gasteiger partial charge in [-0.25, -0.2) is 4.68 Å². The van der Waals surface area contributed by atoms with E-state index in [9.17, 15) is 4.79 Å². The fourth-order valence-corrected chi connectivity index (χ4v) is 3.50. The molecule has 7 nitrogen and oxygen atoms in total. The highest BCUT2D eigenvalue weighted by molar-refractivity contribution is 5.90. The molecular formula is C26H27N5O2. The second-order valence-electron chi connectivity index (χ2n) is 8.10. The molecule has 1 N–H and O–H groups in total. The molecule has 4 rings (SSSR count). The average molecular weight is 442 g/mol. The number of nitrogens with one attached hydrogen (secondary N) is 1. The third-order valence-corrected chi connectivity index (χ3v) is 5.58. The maximum absolute atomic E-state index is 12.3. The van der Waals surface area contributed by atoms with Crippen molar-refractivity contribution in [1.29, 1.82) is 0 Å². The van der Waals surface area contributed by atoms with Gasteiger partial charge in [0.25, 0.3) is 0 Å². The normalized spacial score (nSPS) is 10.8. The van der Waals surface area contributed by atoms with Crippen molar-refractivity contribution in [3.63, 3.8) is 0 Å². The molecule has 0 fully saturated rings. The molecule has 2 heterocycles. The van der Waals surface area contributed by atoms with Gasteiger partial charge < -0.3 is 10.1 Å². The Morgan fingerprint density at radius 3 is 2.39 bits per heavy atom. The Kier molecular flexibility index (Phi) is 6.49. The lowest BCUT2D eigenvalue weighted by atomic mass is 10.1. The van der Waals surface area contributed by atoms with E-state index in [0.717, 1.165) is 28.2 Å². The summed E-state index contributed by atoms with van der Waals surface area (Å²) in [4.78, 5) is 12.3. The van der Waals surface area contributed by atoms with Gasteiger partial charge in [0.05, 0.1) is 5.69 Å². The number of hydrogen-bond acceptors (Lipinski definition) is 5. The molecule has 0 unspecified atom stereocenters. The Morgan fingerprint density at radius 2 is 1.76 bits per heavy atom. The maximum Gasteiger partial charge on any atom is 0.238 e. The largest absolute Gasteiger partial charge is 0.438 e. The first-order chi connectivity index (χ1) is 15.9. The lowest BCUT2D eigenvalue weighted by Crippen LogP contribution is -2.12. The number of hydrogen-bond donors (Lipinski definition) is 1. The number of rotatable bonds is 7. The summed E-state index contributed by atoms with van der Waals surface area (Å²) in [6, 6.07) is 19.0. The summed E-state index contributed by atoms with van der Waals surface area (Å²) in [5, 5.41) is 15.8. The number of aryl methyl sites for hydroxylation is 3. The van der Waals surface area contributed by atoms with Crippen molar-refractivity contribution in [3.8, 4) is 17.4 Å². The minimum absolute atomic E-state index is 0.0222. The van der Waals surface area contributed by atoms with E-state index < -0.39 is 0 Å². The summed E-state index contributed by atoms with van der Waals surface area (Å²) in [6.45, 7) is 8.06. The van der Waals surface area contributed by atoms with Crippen LogP contribution in [-0.2, 0) is 11.2 Å². The average Bonchev–Trinajstić information content (AvgIpc) is 3.07. The Labute approximate surface area is 193 Å². The highest BCUT2D eigenvalue weighted by Gasteiger charge is 2.11. The van der Waals surface area contributed by atoms with Crippen LogP contribution in [0.25, 0.3) is 5.82 Å². The molecule has 168 valence electrons. The predicted octanol–water partition coefficient (Wildman–Crippen LogP) is 5.26. The maximum atomic E-state index is 12.3. The summed E-state index contributed by atoms with van der Waals surface area (Å²) < 4.78 is 7.56. The van der Waals surface area contributed by atoms with E-state index in [1.807, 2.05) is 39.0 Å². The number of ether oxygens (including phenoxy) is 1. The molecule has 0 atom stereocenters. The third-order valence-electron chi connectivity index (χ3n) is 5.58. The zero-order valence-electron chi connectivity index (χ0n) is 19.3. The number of carbonyl (C=O) groups excluding carboxylic acids is 1. The Hall–Kier alpha value is -4.00. The number of aromatic nitrogens is 4. The van der Waals surface area contributed by atoms with E-state index >= 15 is 0 Å². The van der Waals surface area contributed by atoms with Gasteiger partial charge >= 0.3 is 0 Å². The highest BCUT2D eigenvalue weighted by Crippen LogP contribution is 2.22. The first-order valence-corrected chi connectivity index (χ1v) is 10.9. The molecule has 0 aliphatic rings. The molecule has 0 radical (unpaired) electrons. The van der Waals surface area contributed by atoms with Crippen molar-refractivity contribution in [2.24, 2.45) is 0 Å². The zero-order valence-corrected chi connectivity index (χ0v) is 19.3. The molecule has 0 aliphatic heterocycles. The number of carbonyl (C=O) groups is 1. The number of benzene rings is 2. The van der Waals surface area contributed by atoms with Gasteiger partial charge in [-0.05, 0) is 75.6 Å². The van der Waals surface area contributed by atoms with E-state index in [2.05, 4.69) is 39.7 Å². The molecule has 2 aromatic heterocycles. The first-order valence-electron chi connectivity index (χ1n) is 10.9. The Morgan fingerprint density at radius 1 is 0.970 bits per heavy atom.